The lowest BCUT2D eigenvalue weighted by atomic mass is 9.94. The first kappa shape index (κ1) is 16.1. The molecule has 5 nitrogen and oxygen atoms in total. The monoisotopic (exact) mass is 315 g/mol. The van der Waals surface area contributed by atoms with Gasteiger partial charge in [-0.3, -0.25) is 4.90 Å². The van der Waals surface area contributed by atoms with Gasteiger partial charge in [0.25, 0.3) is 0 Å². The van der Waals surface area contributed by atoms with Gasteiger partial charge in [-0.05, 0) is 18.4 Å². The van der Waals surface area contributed by atoms with Gasteiger partial charge < -0.3 is 9.63 Å². The summed E-state index contributed by atoms with van der Waals surface area (Å²) in [6.45, 7) is 1.47. The van der Waals surface area contributed by atoms with Gasteiger partial charge in [0, 0.05) is 19.0 Å². The fourth-order valence-electron chi connectivity index (χ4n) is 3.34. The van der Waals surface area contributed by atoms with Crippen molar-refractivity contribution in [1.82, 2.24) is 15.0 Å². The highest BCUT2D eigenvalue weighted by Crippen LogP contribution is 2.23. The van der Waals surface area contributed by atoms with Crippen molar-refractivity contribution in [1.29, 1.82) is 0 Å². The highest BCUT2D eigenvalue weighted by molar-refractivity contribution is 5.18. The summed E-state index contributed by atoms with van der Waals surface area (Å²) in [5.74, 6) is 1.37. The molecule has 1 aliphatic rings. The number of aliphatic hydroxyl groups excluding tert-OH is 1. The van der Waals surface area contributed by atoms with E-state index in [9.17, 15) is 5.11 Å². The summed E-state index contributed by atoms with van der Waals surface area (Å²) in [6, 6.07) is 10.7. The van der Waals surface area contributed by atoms with E-state index in [0.717, 1.165) is 5.82 Å². The first-order valence-corrected chi connectivity index (χ1v) is 8.55. The Hall–Kier alpha value is -1.72. The lowest BCUT2D eigenvalue weighted by Gasteiger charge is -2.32. The van der Waals surface area contributed by atoms with Gasteiger partial charge in [0.15, 0.2) is 5.82 Å². The Labute approximate surface area is 137 Å². The van der Waals surface area contributed by atoms with Crippen LogP contribution in [-0.2, 0) is 13.0 Å². The second kappa shape index (κ2) is 8.22. The average Bonchev–Trinajstić information content (AvgIpc) is 3.03. The van der Waals surface area contributed by atoms with Crippen LogP contribution in [0.1, 0.15) is 49.4 Å². The molecule has 1 N–H and O–H groups in total. The van der Waals surface area contributed by atoms with Crippen molar-refractivity contribution in [3.8, 4) is 0 Å². The predicted molar refractivity (Wildman–Crippen MR) is 87.9 cm³/mol. The van der Waals surface area contributed by atoms with Crippen molar-refractivity contribution >= 4 is 0 Å². The number of aliphatic hydroxyl groups is 1. The third-order valence-corrected chi connectivity index (χ3v) is 4.53. The Morgan fingerprint density at radius 3 is 2.65 bits per heavy atom. The Morgan fingerprint density at radius 2 is 1.91 bits per heavy atom. The van der Waals surface area contributed by atoms with Crippen molar-refractivity contribution in [2.45, 2.75) is 51.1 Å². The van der Waals surface area contributed by atoms with Crippen LogP contribution in [0.5, 0.6) is 0 Å². The molecule has 0 amide bonds. The van der Waals surface area contributed by atoms with Crippen LogP contribution < -0.4 is 0 Å². The van der Waals surface area contributed by atoms with Gasteiger partial charge in [0.2, 0.25) is 5.89 Å². The van der Waals surface area contributed by atoms with Gasteiger partial charge in [-0.1, -0.05) is 54.8 Å². The van der Waals surface area contributed by atoms with E-state index < -0.39 is 0 Å². The van der Waals surface area contributed by atoms with Gasteiger partial charge in [-0.15, -0.1) is 0 Å². The molecule has 1 fully saturated rings. The average molecular weight is 315 g/mol. The van der Waals surface area contributed by atoms with Gasteiger partial charge in [0.1, 0.15) is 0 Å². The summed E-state index contributed by atoms with van der Waals surface area (Å²) in [6.07, 6.45) is 6.96. The molecule has 0 atom stereocenters. The van der Waals surface area contributed by atoms with Gasteiger partial charge >= 0.3 is 0 Å². The molecule has 2 aromatic rings. The van der Waals surface area contributed by atoms with Crippen molar-refractivity contribution in [3.05, 3.63) is 47.6 Å². The molecule has 1 aromatic carbocycles. The minimum atomic E-state index is 0.168. The maximum absolute atomic E-state index is 9.34. The molecule has 124 valence electrons. The summed E-state index contributed by atoms with van der Waals surface area (Å²) in [5.41, 5.74) is 1.18. The number of hydrogen-bond acceptors (Lipinski definition) is 5. The molecule has 0 bridgehead atoms. The number of hydrogen-bond donors (Lipinski definition) is 1. The van der Waals surface area contributed by atoms with Crippen LogP contribution in [0.15, 0.2) is 34.9 Å². The number of benzene rings is 1. The molecule has 1 heterocycles. The van der Waals surface area contributed by atoms with Crippen molar-refractivity contribution in [2.24, 2.45) is 0 Å². The van der Waals surface area contributed by atoms with Crippen LogP contribution in [0.25, 0.3) is 0 Å². The maximum atomic E-state index is 9.34. The molecule has 1 saturated carbocycles. The van der Waals surface area contributed by atoms with E-state index in [1.165, 1.54) is 37.7 Å². The second-order valence-corrected chi connectivity index (χ2v) is 6.25. The minimum absolute atomic E-state index is 0.168. The fourth-order valence-corrected chi connectivity index (χ4v) is 3.34. The molecule has 3 rings (SSSR count). The van der Waals surface area contributed by atoms with E-state index >= 15 is 0 Å². The van der Waals surface area contributed by atoms with Gasteiger partial charge in [-0.2, -0.15) is 4.98 Å². The summed E-state index contributed by atoms with van der Waals surface area (Å²) >= 11 is 0. The fraction of sp³-hybridized carbons (Fsp3) is 0.556. The molecule has 23 heavy (non-hydrogen) atoms. The quantitative estimate of drug-likeness (QED) is 0.851. The lowest BCUT2D eigenvalue weighted by Crippen LogP contribution is -2.38. The SMILES string of the molecule is OCCN(Cc1nc(Cc2ccccc2)no1)C1CCCCC1. The highest BCUT2D eigenvalue weighted by Gasteiger charge is 2.22. The van der Waals surface area contributed by atoms with Crippen LogP contribution in [0.4, 0.5) is 0 Å². The van der Waals surface area contributed by atoms with E-state index in [4.69, 9.17) is 4.52 Å². The standard InChI is InChI=1S/C18H25N3O2/c22-12-11-21(16-9-5-2-6-10-16)14-18-19-17(20-23-18)13-15-7-3-1-4-8-15/h1,3-4,7-8,16,22H,2,5-6,9-14H2. The van der Waals surface area contributed by atoms with Crippen molar-refractivity contribution in [3.63, 3.8) is 0 Å². The third-order valence-electron chi connectivity index (χ3n) is 4.53. The van der Waals surface area contributed by atoms with Gasteiger partial charge in [-0.25, -0.2) is 0 Å². The smallest absolute Gasteiger partial charge is 0.240 e. The molecule has 0 aliphatic heterocycles. The Morgan fingerprint density at radius 1 is 1.13 bits per heavy atom. The Kier molecular flexibility index (Phi) is 5.77. The zero-order valence-corrected chi connectivity index (χ0v) is 13.5. The zero-order valence-electron chi connectivity index (χ0n) is 13.5. The first-order valence-electron chi connectivity index (χ1n) is 8.55. The highest BCUT2D eigenvalue weighted by atomic mass is 16.5. The van der Waals surface area contributed by atoms with E-state index in [-0.39, 0.29) is 6.61 Å². The van der Waals surface area contributed by atoms with Crippen LogP contribution in [-0.4, -0.2) is 39.3 Å². The Bertz CT molecular complexity index is 579. The number of rotatable bonds is 7. The lowest BCUT2D eigenvalue weighted by molar-refractivity contribution is 0.105. The summed E-state index contributed by atoms with van der Waals surface area (Å²) in [4.78, 5) is 6.81. The molecule has 0 spiro atoms. The van der Waals surface area contributed by atoms with Crippen LogP contribution >= 0.6 is 0 Å². The molecule has 1 aliphatic carbocycles. The normalized spacial score (nSPS) is 16.1. The molecule has 0 radical (unpaired) electrons. The number of aromatic nitrogens is 2. The van der Waals surface area contributed by atoms with E-state index in [2.05, 4.69) is 27.2 Å². The molecular formula is C18H25N3O2. The summed E-state index contributed by atoms with van der Waals surface area (Å²) in [5, 5.41) is 13.4. The summed E-state index contributed by atoms with van der Waals surface area (Å²) in [7, 11) is 0. The van der Waals surface area contributed by atoms with E-state index in [1.54, 1.807) is 0 Å². The van der Waals surface area contributed by atoms with Crippen molar-refractivity contribution < 1.29 is 9.63 Å². The Balaban J connectivity index is 1.61. The van der Waals surface area contributed by atoms with Gasteiger partial charge in [0.05, 0.1) is 13.2 Å². The van der Waals surface area contributed by atoms with E-state index in [1.807, 2.05) is 18.2 Å². The predicted octanol–water partition coefficient (Wildman–Crippen LogP) is 2.79. The number of nitrogens with zero attached hydrogens (tertiary/aromatic N) is 3. The molecule has 5 heteroatoms. The van der Waals surface area contributed by atoms with Crippen LogP contribution in [0.2, 0.25) is 0 Å². The van der Waals surface area contributed by atoms with Crippen LogP contribution in [0, 0.1) is 0 Å². The molecule has 0 saturated heterocycles. The van der Waals surface area contributed by atoms with Crippen molar-refractivity contribution in [2.75, 3.05) is 13.2 Å². The first-order chi connectivity index (χ1) is 11.3. The topological polar surface area (TPSA) is 62.4 Å². The molecular weight excluding hydrogens is 290 g/mol. The molecule has 1 aromatic heterocycles. The zero-order chi connectivity index (χ0) is 15.9. The van der Waals surface area contributed by atoms with E-state index in [0.29, 0.717) is 31.4 Å². The summed E-state index contributed by atoms with van der Waals surface area (Å²) < 4.78 is 5.42. The largest absolute Gasteiger partial charge is 0.395 e. The molecule has 0 unspecified atom stereocenters. The van der Waals surface area contributed by atoms with Crippen LogP contribution in [0.3, 0.4) is 0 Å². The minimum Gasteiger partial charge on any atom is -0.395 e. The second-order valence-electron chi connectivity index (χ2n) is 6.25. The maximum Gasteiger partial charge on any atom is 0.240 e. The third kappa shape index (κ3) is 4.62.